The summed E-state index contributed by atoms with van der Waals surface area (Å²) < 4.78 is 22.5. The van der Waals surface area contributed by atoms with E-state index in [0.29, 0.717) is 35.8 Å². The molecule has 3 unspecified atom stereocenters. The summed E-state index contributed by atoms with van der Waals surface area (Å²) in [5, 5.41) is 0. The number of Topliss-reactive ketones (excluding diaryl/α,β-unsaturated/α-hetero) is 1. The Morgan fingerprint density at radius 3 is 2.51 bits per heavy atom. The minimum absolute atomic E-state index is 0.0609. The molecular formula is C28H31NO6. The molecule has 2 heterocycles. The van der Waals surface area contributed by atoms with Crippen LogP contribution >= 0.6 is 0 Å². The molecule has 1 amide bonds. The van der Waals surface area contributed by atoms with Crippen LogP contribution in [0.2, 0.25) is 0 Å². The van der Waals surface area contributed by atoms with Gasteiger partial charge in [-0.15, -0.1) is 0 Å². The maximum atomic E-state index is 13.7. The van der Waals surface area contributed by atoms with Crippen LogP contribution in [0, 0.1) is 5.92 Å². The van der Waals surface area contributed by atoms with Gasteiger partial charge in [0.05, 0.1) is 38.9 Å². The van der Waals surface area contributed by atoms with E-state index < -0.39 is 6.04 Å². The number of benzene rings is 2. The van der Waals surface area contributed by atoms with E-state index in [1.165, 1.54) is 0 Å². The average molecular weight is 478 g/mol. The third kappa shape index (κ3) is 4.13. The van der Waals surface area contributed by atoms with Crippen LogP contribution in [0.1, 0.15) is 42.9 Å². The second-order valence-electron chi connectivity index (χ2n) is 9.27. The van der Waals surface area contributed by atoms with Crippen LogP contribution in [0.4, 0.5) is 0 Å². The van der Waals surface area contributed by atoms with E-state index in [4.69, 9.17) is 18.9 Å². The number of amides is 1. The van der Waals surface area contributed by atoms with Crippen LogP contribution in [0.3, 0.4) is 0 Å². The normalized spacial score (nSPS) is 23.5. The zero-order valence-electron chi connectivity index (χ0n) is 20.4. The van der Waals surface area contributed by atoms with Crippen molar-refractivity contribution in [1.82, 2.24) is 4.90 Å². The molecule has 1 fully saturated rings. The topological polar surface area (TPSA) is 74.3 Å². The lowest BCUT2D eigenvalue weighted by Gasteiger charge is -2.35. The average Bonchev–Trinajstić information content (AvgIpc) is 3.18. The van der Waals surface area contributed by atoms with Gasteiger partial charge in [-0.05, 0) is 61.1 Å². The minimum atomic E-state index is -0.497. The first-order valence-electron chi connectivity index (χ1n) is 12.2. The van der Waals surface area contributed by atoms with E-state index in [9.17, 15) is 9.59 Å². The molecule has 2 aromatic carbocycles. The highest BCUT2D eigenvalue weighted by molar-refractivity contribution is 6.11. The van der Waals surface area contributed by atoms with Crippen molar-refractivity contribution < 1.29 is 28.5 Å². The fourth-order valence-electron chi connectivity index (χ4n) is 5.57. The predicted octanol–water partition coefficient (Wildman–Crippen LogP) is 4.25. The molecular weight excluding hydrogens is 446 g/mol. The molecule has 0 radical (unpaired) electrons. The zero-order valence-corrected chi connectivity index (χ0v) is 20.4. The van der Waals surface area contributed by atoms with Crippen LogP contribution in [0.25, 0.3) is 0 Å². The summed E-state index contributed by atoms with van der Waals surface area (Å²) in [6.07, 6.45) is 4.05. The van der Waals surface area contributed by atoms with Crippen LogP contribution in [-0.2, 0) is 20.7 Å². The van der Waals surface area contributed by atoms with Crippen molar-refractivity contribution in [2.24, 2.45) is 5.92 Å². The molecule has 0 spiro atoms. The fraction of sp³-hybridized carbons (Fsp3) is 0.429. The summed E-state index contributed by atoms with van der Waals surface area (Å²) in [6, 6.07) is 12.8. The van der Waals surface area contributed by atoms with Gasteiger partial charge in [-0.3, -0.25) is 9.59 Å². The Bertz CT molecular complexity index is 1170. The van der Waals surface area contributed by atoms with Crippen molar-refractivity contribution >= 4 is 11.7 Å². The van der Waals surface area contributed by atoms with Crippen LogP contribution in [0.15, 0.2) is 53.8 Å². The molecule has 7 nitrogen and oxygen atoms in total. The van der Waals surface area contributed by atoms with Crippen molar-refractivity contribution in [3.8, 4) is 17.2 Å². The SMILES string of the molecule is COc1cccc(C2C3=C(OC4CCCCC4C3=O)C(=O)N2CCc2ccc(OC)c(OC)c2)c1. The highest BCUT2D eigenvalue weighted by atomic mass is 16.5. The summed E-state index contributed by atoms with van der Waals surface area (Å²) in [5.41, 5.74) is 2.35. The van der Waals surface area contributed by atoms with Crippen molar-refractivity contribution in [2.45, 2.75) is 44.2 Å². The maximum Gasteiger partial charge on any atom is 0.290 e. The lowest BCUT2D eigenvalue weighted by molar-refractivity contribution is -0.135. The number of hydrogen-bond acceptors (Lipinski definition) is 6. The van der Waals surface area contributed by atoms with Crippen LogP contribution in [-0.4, -0.2) is 50.6 Å². The Morgan fingerprint density at radius 2 is 1.74 bits per heavy atom. The lowest BCUT2D eigenvalue weighted by Crippen LogP contribution is -2.39. The Hall–Kier alpha value is -3.48. The first kappa shape index (κ1) is 23.3. The number of nitrogens with zero attached hydrogens (tertiary/aromatic N) is 1. The van der Waals surface area contributed by atoms with Gasteiger partial charge in [0.25, 0.3) is 5.91 Å². The minimum Gasteiger partial charge on any atom is -0.497 e. The molecule has 3 atom stereocenters. The standard InChI is InChI=1S/C28H31NO6/c1-32-19-8-6-7-18(16-19)25-24-26(30)20-9-4-5-10-21(20)35-27(24)28(31)29(25)14-13-17-11-12-22(33-2)23(15-17)34-3/h6-8,11-12,15-16,20-21,25H,4-5,9-10,13-14H2,1-3H3. The van der Waals surface area contributed by atoms with Gasteiger partial charge in [0.1, 0.15) is 11.9 Å². The third-order valence-corrected chi connectivity index (χ3v) is 7.36. The summed E-state index contributed by atoms with van der Waals surface area (Å²) in [6.45, 7) is 0.426. The number of ether oxygens (including phenoxy) is 4. The number of fused-ring (bicyclic) bond motifs is 1. The molecule has 5 rings (SSSR count). The fourth-order valence-corrected chi connectivity index (χ4v) is 5.57. The van der Waals surface area contributed by atoms with Crippen molar-refractivity contribution in [1.29, 1.82) is 0 Å². The van der Waals surface area contributed by atoms with Gasteiger partial charge in [-0.1, -0.05) is 24.6 Å². The molecule has 1 aliphatic carbocycles. The van der Waals surface area contributed by atoms with Crippen molar-refractivity contribution in [3.63, 3.8) is 0 Å². The Balaban J connectivity index is 1.49. The van der Waals surface area contributed by atoms with Gasteiger partial charge >= 0.3 is 0 Å². The molecule has 1 saturated carbocycles. The molecule has 35 heavy (non-hydrogen) atoms. The first-order valence-corrected chi connectivity index (χ1v) is 12.2. The van der Waals surface area contributed by atoms with Gasteiger partial charge in [-0.25, -0.2) is 0 Å². The zero-order chi connectivity index (χ0) is 24.5. The third-order valence-electron chi connectivity index (χ3n) is 7.36. The number of carbonyl (C=O) groups is 2. The molecule has 2 aliphatic heterocycles. The highest BCUT2D eigenvalue weighted by Gasteiger charge is 2.51. The molecule has 0 bridgehead atoms. The molecule has 7 heteroatoms. The Kier molecular flexibility index (Phi) is 6.41. The first-order chi connectivity index (χ1) is 17.0. The number of rotatable bonds is 7. The number of ketones is 1. The summed E-state index contributed by atoms with van der Waals surface area (Å²) in [5.74, 6) is 1.89. The molecule has 0 aromatic heterocycles. The molecule has 0 N–H and O–H groups in total. The summed E-state index contributed by atoms with van der Waals surface area (Å²) in [7, 11) is 4.81. The Labute approximate surface area is 205 Å². The van der Waals surface area contributed by atoms with Crippen molar-refractivity contribution in [2.75, 3.05) is 27.9 Å². The highest BCUT2D eigenvalue weighted by Crippen LogP contribution is 2.47. The predicted molar refractivity (Wildman–Crippen MR) is 130 cm³/mol. The van der Waals surface area contributed by atoms with Gasteiger partial charge in [0, 0.05) is 6.54 Å². The number of carbonyl (C=O) groups excluding carboxylic acids is 2. The molecule has 3 aliphatic rings. The van der Waals surface area contributed by atoms with Crippen LogP contribution in [0.5, 0.6) is 17.2 Å². The molecule has 2 aromatic rings. The summed E-state index contributed by atoms with van der Waals surface area (Å²) >= 11 is 0. The molecule has 0 saturated heterocycles. The van der Waals surface area contributed by atoms with E-state index in [-0.39, 0.29) is 29.5 Å². The monoisotopic (exact) mass is 477 g/mol. The Morgan fingerprint density at radius 1 is 0.943 bits per heavy atom. The smallest absolute Gasteiger partial charge is 0.290 e. The largest absolute Gasteiger partial charge is 0.497 e. The summed E-state index contributed by atoms with van der Waals surface area (Å²) in [4.78, 5) is 29.1. The van der Waals surface area contributed by atoms with E-state index in [1.54, 1.807) is 26.2 Å². The second-order valence-corrected chi connectivity index (χ2v) is 9.27. The van der Waals surface area contributed by atoms with E-state index in [1.807, 2.05) is 42.5 Å². The van der Waals surface area contributed by atoms with Gasteiger partial charge in [0.2, 0.25) is 0 Å². The van der Waals surface area contributed by atoms with Gasteiger partial charge < -0.3 is 23.8 Å². The van der Waals surface area contributed by atoms with Crippen LogP contribution < -0.4 is 14.2 Å². The lowest BCUT2D eigenvalue weighted by atomic mass is 9.77. The maximum absolute atomic E-state index is 13.7. The quantitative estimate of drug-likeness (QED) is 0.594. The number of hydrogen-bond donors (Lipinski definition) is 0. The van der Waals surface area contributed by atoms with Gasteiger partial charge in [0.15, 0.2) is 23.0 Å². The van der Waals surface area contributed by atoms with Crippen molar-refractivity contribution in [3.05, 3.63) is 64.9 Å². The van der Waals surface area contributed by atoms with E-state index in [2.05, 4.69) is 0 Å². The second kappa shape index (κ2) is 9.64. The van der Waals surface area contributed by atoms with E-state index in [0.717, 1.165) is 36.8 Å². The van der Waals surface area contributed by atoms with E-state index >= 15 is 0 Å². The molecule has 184 valence electrons. The van der Waals surface area contributed by atoms with Gasteiger partial charge in [-0.2, -0.15) is 0 Å². The number of methoxy groups -OCH3 is 3.